The van der Waals surface area contributed by atoms with Gasteiger partial charge in [0.15, 0.2) is 12.0 Å². The van der Waals surface area contributed by atoms with E-state index < -0.39 is 30.4 Å². The van der Waals surface area contributed by atoms with Crippen molar-refractivity contribution in [2.75, 3.05) is 13.2 Å². The molecule has 0 radical (unpaired) electrons. The van der Waals surface area contributed by atoms with Crippen molar-refractivity contribution in [3.63, 3.8) is 0 Å². The molecule has 0 aliphatic carbocycles. The Labute approximate surface area is 218 Å². The number of aliphatic imine (C=N–C) groups is 1. The molecule has 0 unspecified atom stereocenters. The molecule has 38 heavy (non-hydrogen) atoms. The summed E-state index contributed by atoms with van der Waals surface area (Å²) < 4.78 is 39.2. The Morgan fingerprint density at radius 1 is 1.13 bits per heavy atom. The van der Waals surface area contributed by atoms with Crippen molar-refractivity contribution in [1.29, 1.82) is 5.41 Å². The van der Waals surface area contributed by atoms with E-state index in [1.165, 1.54) is 6.20 Å². The second-order valence-corrected chi connectivity index (χ2v) is 8.35. The second-order valence-electron chi connectivity index (χ2n) is 8.35. The molecular weight excluding hydrogens is 493 g/mol. The third-order valence-corrected chi connectivity index (χ3v) is 5.70. The van der Waals surface area contributed by atoms with E-state index >= 15 is 4.39 Å². The number of guanidine groups is 1. The van der Waals surface area contributed by atoms with Gasteiger partial charge in [0, 0.05) is 4.91 Å². The van der Waals surface area contributed by atoms with E-state index in [-0.39, 0.29) is 31.5 Å². The number of aromatic nitrogens is 2. The minimum Gasteiger partial charge on any atom is -0.475 e. The molecule has 198 valence electrons. The number of H-pyrrole nitrogens is 1. The lowest BCUT2D eigenvalue weighted by molar-refractivity contribution is -0.0740. The zero-order chi connectivity index (χ0) is 26.7. The number of ether oxygens (including phenoxy) is 4. The van der Waals surface area contributed by atoms with Gasteiger partial charge in [0.2, 0.25) is 5.96 Å². The lowest BCUT2D eigenvalue weighted by Gasteiger charge is -2.20. The highest BCUT2D eigenvalue weighted by molar-refractivity contribution is 5.99. The first-order valence-corrected chi connectivity index (χ1v) is 12.1. The summed E-state index contributed by atoms with van der Waals surface area (Å²) in [4.78, 5) is 13.5. The fourth-order valence-electron chi connectivity index (χ4n) is 3.97. The van der Waals surface area contributed by atoms with Gasteiger partial charge in [-0.25, -0.2) is 9.37 Å². The first kappa shape index (κ1) is 27.0. The third-order valence-electron chi connectivity index (χ3n) is 5.70. The summed E-state index contributed by atoms with van der Waals surface area (Å²) in [5, 5.41) is 10.7. The molecule has 2 N–H and O–H groups in total. The number of halogens is 1. The third kappa shape index (κ3) is 7.02. The van der Waals surface area contributed by atoms with Crippen LogP contribution in [0.25, 0.3) is 10.4 Å². The largest absolute Gasteiger partial charge is 0.475 e. The first-order valence-electron chi connectivity index (χ1n) is 12.1. The number of rotatable bonds is 10. The molecular formula is C26H28FN7O4. The monoisotopic (exact) mass is 521 g/mol. The molecule has 4 rings (SSSR count). The molecule has 2 heterocycles. The van der Waals surface area contributed by atoms with E-state index in [9.17, 15) is 0 Å². The standard InChI is InChI=1S/C26H28FN7O4/c1-2-36-25(32-26(28)33-34-29)24-30-13-19(31-24)22-21(27)23(37-15-18-11-7-4-8-12-18)20(38-22)16-35-14-17-9-5-3-6-10-17/h3-13,20-23,28H,2,14-16H2,1H3,(H,30,31)/b28-26?,32-25+/t20-,21+,22+,23-/m1/s1. The summed E-state index contributed by atoms with van der Waals surface area (Å²) in [7, 11) is 0. The van der Waals surface area contributed by atoms with Crippen molar-refractivity contribution in [2.24, 2.45) is 10.1 Å². The SMILES string of the molecule is CCO/C(=N/C(=N)N=[N+]=[N-])c1ncc([C@@H]2O[C@H](COCc3ccccc3)[C@@H](OCc3ccccc3)[C@H]2F)[nH]1. The summed E-state index contributed by atoms with van der Waals surface area (Å²) in [6.07, 6.45) is -2.68. The molecule has 2 aromatic carbocycles. The van der Waals surface area contributed by atoms with Gasteiger partial charge in [-0.05, 0) is 28.7 Å². The molecule has 4 atom stereocenters. The maximum atomic E-state index is 15.8. The average Bonchev–Trinajstić information content (AvgIpc) is 3.53. The van der Waals surface area contributed by atoms with E-state index in [2.05, 4.69) is 25.0 Å². The number of alkyl halides is 1. The van der Waals surface area contributed by atoms with Crippen LogP contribution in [0.2, 0.25) is 0 Å². The van der Waals surface area contributed by atoms with Crippen molar-refractivity contribution in [3.8, 4) is 0 Å². The highest BCUT2D eigenvalue weighted by Crippen LogP contribution is 2.37. The number of benzene rings is 2. The minimum atomic E-state index is -1.52. The Hall–Kier alpha value is -4.09. The van der Waals surface area contributed by atoms with Crippen LogP contribution in [-0.2, 0) is 32.2 Å². The number of hydrogen-bond acceptors (Lipinski definition) is 6. The van der Waals surface area contributed by atoms with E-state index in [0.717, 1.165) is 11.1 Å². The van der Waals surface area contributed by atoms with Crippen LogP contribution in [0.4, 0.5) is 4.39 Å². The zero-order valence-electron chi connectivity index (χ0n) is 20.7. The molecule has 11 nitrogen and oxygen atoms in total. The smallest absolute Gasteiger partial charge is 0.259 e. The fourth-order valence-corrected chi connectivity index (χ4v) is 3.97. The van der Waals surface area contributed by atoms with Gasteiger partial charge in [-0.3, -0.25) is 5.41 Å². The van der Waals surface area contributed by atoms with Gasteiger partial charge in [-0.15, -0.1) is 0 Å². The Balaban J connectivity index is 1.50. The Morgan fingerprint density at radius 3 is 2.47 bits per heavy atom. The topological polar surface area (TPSA) is 151 Å². The van der Waals surface area contributed by atoms with Gasteiger partial charge < -0.3 is 23.9 Å². The first-order chi connectivity index (χ1) is 18.6. The molecule has 0 spiro atoms. The van der Waals surface area contributed by atoms with Crippen LogP contribution in [0.15, 0.2) is 77.0 Å². The molecule has 1 fully saturated rings. The summed E-state index contributed by atoms with van der Waals surface area (Å²) in [6.45, 7) is 2.64. The lowest BCUT2D eigenvalue weighted by atomic mass is 10.1. The fraction of sp³-hybridized carbons (Fsp3) is 0.346. The van der Waals surface area contributed by atoms with Crippen LogP contribution in [0, 0.1) is 5.41 Å². The average molecular weight is 522 g/mol. The summed E-state index contributed by atoms with van der Waals surface area (Å²) in [6, 6.07) is 19.2. The van der Waals surface area contributed by atoms with E-state index in [0.29, 0.717) is 12.3 Å². The summed E-state index contributed by atoms with van der Waals surface area (Å²) >= 11 is 0. The van der Waals surface area contributed by atoms with E-state index in [1.54, 1.807) is 6.92 Å². The number of nitrogens with one attached hydrogen (secondary N) is 2. The molecule has 12 heteroatoms. The molecule has 1 aliphatic rings. The van der Waals surface area contributed by atoms with Crippen molar-refractivity contribution in [2.45, 2.75) is 44.6 Å². The number of azide groups is 1. The van der Waals surface area contributed by atoms with Crippen LogP contribution in [0.1, 0.15) is 35.7 Å². The highest BCUT2D eigenvalue weighted by atomic mass is 19.1. The quantitative estimate of drug-likeness (QED) is 0.126. The molecule has 3 aromatic rings. The normalized spacial score (nSPS) is 21.2. The number of imidazole rings is 1. The molecule has 1 aromatic heterocycles. The number of aromatic amines is 1. The van der Waals surface area contributed by atoms with E-state index in [1.807, 2.05) is 60.7 Å². The maximum Gasteiger partial charge on any atom is 0.259 e. The van der Waals surface area contributed by atoms with Crippen LogP contribution < -0.4 is 0 Å². The summed E-state index contributed by atoms with van der Waals surface area (Å²) in [5.74, 6) is -0.523. The maximum absolute atomic E-state index is 15.8. The molecule has 0 amide bonds. The Morgan fingerprint density at radius 2 is 1.82 bits per heavy atom. The molecule has 1 saturated heterocycles. The van der Waals surface area contributed by atoms with Crippen LogP contribution in [0.5, 0.6) is 0 Å². The minimum absolute atomic E-state index is 0.0656. The van der Waals surface area contributed by atoms with Crippen molar-refractivity contribution in [3.05, 3.63) is 99.9 Å². The van der Waals surface area contributed by atoms with Gasteiger partial charge in [-0.2, -0.15) is 4.99 Å². The molecule has 0 bridgehead atoms. The van der Waals surface area contributed by atoms with Gasteiger partial charge in [0.05, 0.1) is 38.3 Å². The van der Waals surface area contributed by atoms with Gasteiger partial charge in [-0.1, -0.05) is 60.7 Å². The van der Waals surface area contributed by atoms with Crippen LogP contribution >= 0.6 is 0 Å². The predicted octanol–water partition coefficient (Wildman–Crippen LogP) is 5.02. The van der Waals surface area contributed by atoms with Gasteiger partial charge in [0.25, 0.3) is 5.90 Å². The predicted molar refractivity (Wildman–Crippen MR) is 137 cm³/mol. The van der Waals surface area contributed by atoms with Gasteiger partial charge in [0.1, 0.15) is 18.3 Å². The number of nitrogens with zero attached hydrogens (tertiary/aromatic N) is 5. The van der Waals surface area contributed by atoms with Gasteiger partial charge >= 0.3 is 0 Å². The van der Waals surface area contributed by atoms with Crippen LogP contribution in [-0.4, -0.2) is 53.4 Å². The second kappa shape index (κ2) is 13.5. The number of hydrogen-bond donors (Lipinski definition) is 2. The summed E-state index contributed by atoms with van der Waals surface area (Å²) in [5.41, 5.74) is 10.8. The molecule has 1 aliphatic heterocycles. The van der Waals surface area contributed by atoms with Crippen molar-refractivity contribution < 1.29 is 23.3 Å². The highest BCUT2D eigenvalue weighted by Gasteiger charge is 2.47. The van der Waals surface area contributed by atoms with Crippen LogP contribution in [0.3, 0.4) is 0 Å². The lowest BCUT2D eigenvalue weighted by Crippen LogP contribution is -2.34. The van der Waals surface area contributed by atoms with Crippen molar-refractivity contribution in [1.82, 2.24) is 9.97 Å². The van der Waals surface area contributed by atoms with Crippen molar-refractivity contribution >= 4 is 11.9 Å². The molecule has 0 saturated carbocycles. The zero-order valence-corrected chi connectivity index (χ0v) is 20.7. The Kier molecular flexibility index (Phi) is 9.54. The Bertz CT molecular complexity index is 1260. The van der Waals surface area contributed by atoms with E-state index in [4.69, 9.17) is 29.9 Å².